The van der Waals surface area contributed by atoms with E-state index in [1.54, 1.807) is 0 Å². The summed E-state index contributed by atoms with van der Waals surface area (Å²) in [5.74, 6) is -2.30. The molecule has 0 saturated heterocycles. The van der Waals surface area contributed by atoms with Crippen molar-refractivity contribution >= 4 is 17.9 Å². The van der Waals surface area contributed by atoms with Gasteiger partial charge in [0.2, 0.25) is 0 Å². The third kappa shape index (κ3) is 50.6. The number of carbonyl (C=O) groups is 3. The van der Waals surface area contributed by atoms with Crippen LogP contribution in [0.25, 0.3) is 0 Å². The minimum atomic E-state index is -1.63. The van der Waals surface area contributed by atoms with E-state index in [4.69, 9.17) is 18.9 Å². The zero-order valence-electron chi connectivity index (χ0n) is 44.5. The molecule has 0 aromatic carbocycles. The van der Waals surface area contributed by atoms with E-state index in [-0.39, 0.29) is 38.6 Å². The van der Waals surface area contributed by atoms with Gasteiger partial charge in [0.05, 0.1) is 40.3 Å². The summed E-state index contributed by atoms with van der Waals surface area (Å²) in [5.41, 5.74) is 0. The lowest BCUT2D eigenvalue weighted by molar-refractivity contribution is -0.870. The number of unbranched alkanes of at least 4 members (excludes halogenated alkanes) is 23. The molecule has 0 aromatic heterocycles. The first kappa shape index (κ1) is 64.7. The van der Waals surface area contributed by atoms with Crippen LogP contribution in [-0.4, -0.2) is 82.3 Å². The zero-order chi connectivity index (χ0) is 49.9. The first-order chi connectivity index (χ1) is 33.1. The molecule has 0 N–H and O–H groups in total. The number of aliphatic carboxylic acids is 1. The molecule has 0 aromatic rings. The third-order valence-electron chi connectivity index (χ3n) is 11.7. The fourth-order valence-corrected chi connectivity index (χ4v) is 7.44. The Balaban J connectivity index is 4.25. The van der Waals surface area contributed by atoms with Gasteiger partial charge in [-0.3, -0.25) is 9.59 Å². The summed E-state index contributed by atoms with van der Waals surface area (Å²) in [6.45, 7) is 4.60. The summed E-state index contributed by atoms with van der Waals surface area (Å²) < 4.78 is 22.7. The molecule has 0 heterocycles. The van der Waals surface area contributed by atoms with Crippen molar-refractivity contribution in [2.75, 3.05) is 47.5 Å². The summed E-state index contributed by atoms with van der Waals surface area (Å²) >= 11 is 0. The van der Waals surface area contributed by atoms with E-state index in [2.05, 4.69) is 86.8 Å². The SMILES string of the molecule is CC/C=C\C/C=C\C/C=C\C/C=C\CCCCCCCCCCCCCCCCC(=O)OC(COC(=O)CCCCCCC/C=C\C/C=C\CCCCCC)COC(OCC[N+](C)(C)C)C(=O)[O-]. The molecule has 0 aliphatic rings. The summed E-state index contributed by atoms with van der Waals surface area (Å²) in [7, 11) is 5.91. The molecule has 0 spiro atoms. The van der Waals surface area contributed by atoms with Gasteiger partial charge in [-0.1, -0.05) is 202 Å². The van der Waals surface area contributed by atoms with Crippen molar-refractivity contribution < 1.29 is 42.9 Å². The number of rotatable bonds is 50. The van der Waals surface area contributed by atoms with Crippen molar-refractivity contribution in [3.05, 3.63) is 72.9 Å². The van der Waals surface area contributed by atoms with E-state index in [9.17, 15) is 19.5 Å². The van der Waals surface area contributed by atoms with Crippen molar-refractivity contribution in [3.8, 4) is 0 Å². The van der Waals surface area contributed by atoms with E-state index in [1.807, 2.05) is 21.1 Å². The lowest BCUT2D eigenvalue weighted by Crippen LogP contribution is -2.44. The Labute approximate surface area is 417 Å². The molecule has 0 radical (unpaired) electrons. The van der Waals surface area contributed by atoms with Gasteiger partial charge in [-0.15, -0.1) is 0 Å². The van der Waals surface area contributed by atoms with E-state index in [0.29, 0.717) is 17.4 Å². The Morgan fingerprint density at radius 3 is 1.25 bits per heavy atom. The minimum Gasteiger partial charge on any atom is -0.545 e. The summed E-state index contributed by atoms with van der Waals surface area (Å²) in [5, 5.41) is 11.8. The Hall–Kier alpha value is -3.27. The van der Waals surface area contributed by atoms with Crippen LogP contribution >= 0.6 is 0 Å². The van der Waals surface area contributed by atoms with E-state index in [0.717, 1.165) is 89.9 Å². The average molecular weight is 954 g/mol. The molecule has 0 aliphatic heterocycles. The van der Waals surface area contributed by atoms with Crippen LogP contribution in [-0.2, 0) is 33.3 Å². The van der Waals surface area contributed by atoms with Crippen molar-refractivity contribution in [1.29, 1.82) is 0 Å². The highest BCUT2D eigenvalue weighted by atomic mass is 16.7. The van der Waals surface area contributed by atoms with Crippen LogP contribution in [0, 0.1) is 0 Å². The van der Waals surface area contributed by atoms with Crippen molar-refractivity contribution in [1.82, 2.24) is 0 Å². The van der Waals surface area contributed by atoms with Crippen LogP contribution < -0.4 is 5.11 Å². The maximum Gasteiger partial charge on any atom is 0.306 e. The van der Waals surface area contributed by atoms with Gasteiger partial charge in [0.25, 0.3) is 0 Å². The second kappa shape index (κ2) is 50.1. The second-order valence-corrected chi connectivity index (χ2v) is 19.5. The Bertz CT molecular complexity index is 1340. The topological polar surface area (TPSA) is 111 Å². The molecular weight excluding hydrogens is 851 g/mol. The quantitative estimate of drug-likeness (QED) is 0.0195. The molecule has 0 saturated carbocycles. The predicted molar refractivity (Wildman–Crippen MR) is 283 cm³/mol. The number of quaternary nitrogens is 1. The molecule has 9 nitrogen and oxygen atoms in total. The van der Waals surface area contributed by atoms with Crippen LogP contribution in [0.15, 0.2) is 72.9 Å². The van der Waals surface area contributed by atoms with Gasteiger partial charge in [0.15, 0.2) is 12.4 Å². The number of nitrogens with zero attached hydrogens (tertiary/aromatic N) is 1. The van der Waals surface area contributed by atoms with Crippen LogP contribution in [0.1, 0.15) is 226 Å². The minimum absolute atomic E-state index is 0.143. The Morgan fingerprint density at radius 1 is 0.456 bits per heavy atom. The van der Waals surface area contributed by atoms with Gasteiger partial charge >= 0.3 is 11.9 Å². The molecule has 9 heteroatoms. The summed E-state index contributed by atoms with van der Waals surface area (Å²) in [6, 6.07) is 0. The van der Waals surface area contributed by atoms with Gasteiger partial charge < -0.3 is 33.3 Å². The number of carboxylic acid groups (broad SMARTS) is 1. The lowest BCUT2D eigenvalue weighted by atomic mass is 10.0. The number of hydrogen-bond acceptors (Lipinski definition) is 8. The van der Waals surface area contributed by atoms with E-state index < -0.39 is 24.3 Å². The van der Waals surface area contributed by atoms with Crippen LogP contribution in [0.2, 0.25) is 0 Å². The first-order valence-electron chi connectivity index (χ1n) is 27.6. The fourth-order valence-electron chi connectivity index (χ4n) is 7.44. The number of carboxylic acids is 1. The molecule has 2 atom stereocenters. The molecule has 0 aliphatic carbocycles. The summed E-state index contributed by atoms with van der Waals surface area (Å²) in [6.07, 6.45) is 60.8. The van der Waals surface area contributed by atoms with E-state index in [1.165, 1.54) is 103 Å². The highest BCUT2D eigenvalue weighted by molar-refractivity contribution is 5.70. The zero-order valence-corrected chi connectivity index (χ0v) is 44.5. The normalized spacial score (nSPS) is 13.4. The number of allylic oxidation sites excluding steroid dienone is 12. The lowest BCUT2D eigenvalue weighted by Gasteiger charge is -2.26. The van der Waals surface area contributed by atoms with Crippen molar-refractivity contribution in [3.63, 3.8) is 0 Å². The van der Waals surface area contributed by atoms with Crippen LogP contribution in [0.4, 0.5) is 0 Å². The smallest absolute Gasteiger partial charge is 0.306 e. The van der Waals surface area contributed by atoms with Crippen LogP contribution in [0.5, 0.6) is 0 Å². The second-order valence-electron chi connectivity index (χ2n) is 19.5. The van der Waals surface area contributed by atoms with Crippen molar-refractivity contribution in [2.45, 2.75) is 238 Å². The molecule has 0 amide bonds. The van der Waals surface area contributed by atoms with Crippen molar-refractivity contribution in [2.24, 2.45) is 0 Å². The average Bonchev–Trinajstić information content (AvgIpc) is 3.30. The van der Waals surface area contributed by atoms with E-state index >= 15 is 0 Å². The molecule has 68 heavy (non-hydrogen) atoms. The molecule has 0 rings (SSSR count). The highest BCUT2D eigenvalue weighted by Gasteiger charge is 2.22. The number of hydrogen-bond donors (Lipinski definition) is 0. The molecule has 0 fully saturated rings. The Morgan fingerprint density at radius 2 is 0.838 bits per heavy atom. The maximum absolute atomic E-state index is 12.8. The fraction of sp³-hybridized carbons (Fsp3) is 0.746. The molecule has 0 bridgehead atoms. The van der Waals surface area contributed by atoms with Gasteiger partial charge in [-0.2, -0.15) is 0 Å². The predicted octanol–water partition coefficient (Wildman–Crippen LogP) is 14.5. The molecular formula is C59H103NO8. The summed E-state index contributed by atoms with van der Waals surface area (Å²) in [4.78, 5) is 37.2. The monoisotopic (exact) mass is 954 g/mol. The number of carbonyl (C=O) groups excluding carboxylic acids is 3. The van der Waals surface area contributed by atoms with Crippen LogP contribution in [0.3, 0.4) is 0 Å². The number of ether oxygens (including phenoxy) is 4. The third-order valence-corrected chi connectivity index (χ3v) is 11.7. The first-order valence-corrected chi connectivity index (χ1v) is 27.6. The number of esters is 2. The largest absolute Gasteiger partial charge is 0.545 e. The van der Waals surface area contributed by atoms with Gasteiger partial charge in [0.1, 0.15) is 13.2 Å². The Kier molecular flexibility index (Phi) is 47.7. The number of likely N-dealkylation sites (N-methyl/N-ethyl adjacent to an activating group) is 1. The van der Waals surface area contributed by atoms with Gasteiger partial charge in [-0.25, -0.2) is 0 Å². The standard InChI is InChI=1S/C59H103NO8/c1-6-8-10-12-14-16-18-20-22-24-25-26-27-28-29-30-31-32-33-34-36-38-40-42-44-46-48-50-57(62)68-55(54-67-59(58(63)64)65-52-51-60(3,4)5)53-66-56(61)49-47-45-43-41-39-37-35-23-21-19-17-15-13-11-9-7-2/h8,10,14,16-17,19-20,22-23,25-26,35,55,59H,6-7,9,11-13,15,18,21,24,27-34,36-54H2,1-5H3/b10-8-,16-14-,19-17-,22-20-,26-25-,35-23-. The highest BCUT2D eigenvalue weighted by Crippen LogP contribution is 2.15. The molecule has 392 valence electrons. The van der Waals surface area contributed by atoms with Gasteiger partial charge in [0, 0.05) is 12.8 Å². The van der Waals surface area contributed by atoms with Gasteiger partial charge in [-0.05, 0) is 83.5 Å². The maximum atomic E-state index is 12.8. The molecule has 2 unspecified atom stereocenters.